The van der Waals surface area contributed by atoms with Crippen molar-refractivity contribution in [3.8, 4) is 5.69 Å². The zero-order chi connectivity index (χ0) is 24.0. The summed E-state index contributed by atoms with van der Waals surface area (Å²) in [7, 11) is 0. The Bertz CT molecular complexity index is 1510. The molecule has 1 aliphatic rings. The van der Waals surface area contributed by atoms with Gasteiger partial charge in [-0.15, -0.1) is 0 Å². The second-order valence-electron chi connectivity index (χ2n) is 9.38. The molecule has 1 aliphatic carbocycles. The molecule has 2 aromatic heterocycles. The minimum Gasteiger partial charge on any atom is -0.422 e. The molecular formula is C27H23ClN2O4. The molecule has 0 aliphatic heterocycles. The first-order valence-electron chi connectivity index (χ1n) is 11.0. The number of fused-ring (bicyclic) bond motifs is 2. The van der Waals surface area contributed by atoms with Crippen LogP contribution >= 0.6 is 11.6 Å². The lowest BCUT2D eigenvalue weighted by Crippen LogP contribution is -2.29. The standard InChI is InChI=1S/C27H23ClN2O4/c1-16-12-20-22(14-27(2,3)15-23(20)30(16)19-10-8-18(28)9-11-19)29-34-26(32)21-13-17-6-4-5-7-24(17)33-25(21)31/h4-13H,14-15H2,1-3H3/b29-22+. The van der Waals surface area contributed by atoms with Crippen LogP contribution in [0.15, 0.2) is 75.0 Å². The number of hydrogen-bond donors (Lipinski definition) is 0. The van der Waals surface area contributed by atoms with Crippen LogP contribution in [0.4, 0.5) is 0 Å². The van der Waals surface area contributed by atoms with Gasteiger partial charge < -0.3 is 13.8 Å². The molecule has 0 atom stereocenters. The molecule has 0 unspecified atom stereocenters. The van der Waals surface area contributed by atoms with Crippen molar-refractivity contribution in [1.29, 1.82) is 0 Å². The van der Waals surface area contributed by atoms with E-state index in [-0.39, 0.29) is 11.0 Å². The van der Waals surface area contributed by atoms with Gasteiger partial charge in [-0.25, -0.2) is 9.59 Å². The molecule has 0 N–H and O–H groups in total. The summed E-state index contributed by atoms with van der Waals surface area (Å²) in [5, 5.41) is 5.55. The smallest absolute Gasteiger partial charge is 0.373 e. The highest BCUT2D eigenvalue weighted by molar-refractivity contribution is 6.30. The summed E-state index contributed by atoms with van der Waals surface area (Å²) in [6.07, 6.45) is 1.46. The molecule has 0 radical (unpaired) electrons. The third kappa shape index (κ3) is 4.05. The average molecular weight is 475 g/mol. The van der Waals surface area contributed by atoms with E-state index in [2.05, 4.69) is 29.6 Å². The van der Waals surface area contributed by atoms with E-state index in [1.54, 1.807) is 24.3 Å². The van der Waals surface area contributed by atoms with Gasteiger partial charge >= 0.3 is 11.6 Å². The second-order valence-corrected chi connectivity index (χ2v) is 9.81. The van der Waals surface area contributed by atoms with Crippen molar-refractivity contribution in [2.45, 2.75) is 33.6 Å². The molecule has 4 aromatic rings. The minimum atomic E-state index is -0.842. The zero-order valence-electron chi connectivity index (χ0n) is 19.1. The lowest BCUT2D eigenvalue weighted by molar-refractivity contribution is 0.0509. The topological polar surface area (TPSA) is 73.8 Å². The van der Waals surface area contributed by atoms with E-state index in [0.717, 1.165) is 29.1 Å². The molecule has 34 heavy (non-hydrogen) atoms. The zero-order valence-corrected chi connectivity index (χ0v) is 19.8. The van der Waals surface area contributed by atoms with Gasteiger partial charge in [0.25, 0.3) is 0 Å². The molecule has 0 fully saturated rings. The van der Waals surface area contributed by atoms with Crippen LogP contribution in [0.1, 0.15) is 47.6 Å². The van der Waals surface area contributed by atoms with E-state index in [0.29, 0.717) is 28.1 Å². The van der Waals surface area contributed by atoms with E-state index in [4.69, 9.17) is 20.9 Å². The molecule has 0 saturated heterocycles. The number of carbonyl (C=O) groups excluding carboxylic acids is 1. The maximum atomic E-state index is 12.7. The number of carbonyl (C=O) groups is 1. The van der Waals surface area contributed by atoms with Crippen molar-refractivity contribution in [1.82, 2.24) is 4.57 Å². The van der Waals surface area contributed by atoms with Crippen molar-refractivity contribution in [2.24, 2.45) is 10.6 Å². The van der Waals surface area contributed by atoms with Crippen LogP contribution in [0.3, 0.4) is 0 Å². The summed E-state index contributed by atoms with van der Waals surface area (Å²) in [5.74, 6) is -0.842. The maximum Gasteiger partial charge on any atom is 0.373 e. The van der Waals surface area contributed by atoms with Gasteiger partial charge in [0.1, 0.15) is 11.1 Å². The first-order chi connectivity index (χ1) is 16.2. The van der Waals surface area contributed by atoms with E-state index in [1.807, 2.05) is 31.2 Å². The Hall–Kier alpha value is -3.64. The van der Waals surface area contributed by atoms with Crippen molar-refractivity contribution in [3.05, 3.63) is 98.6 Å². The molecular weight excluding hydrogens is 452 g/mol. The normalized spacial score (nSPS) is 15.9. The fourth-order valence-corrected chi connectivity index (χ4v) is 4.69. The quantitative estimate of drug-likeness (QED) is 0.205. The SMILES string of the molecule is Cc1cc2c(n1-c1ccc(Cl)cc1)CC(C)(C)C/C2=N\OC(=O)c1cc2ccccc2oc1=O. The largest absolute Gasteiger partial charge is 0.422 e. The first-order valence-corrected chi connectivity index (χ1v) is 11.4. The highest BCUT2D eigenvalue weighted by Gasteiger charge is 2.34. The minimum absolute atomic E-state index is 0.102. The third-order valence-corrected chi connectivity index (χ3v) is 6.33. The lowest BCUT2D eigenvalue weighted by atomic mass is 9.76. The van der Waals surface area contributed by atoms with Crippen LogP contribution in [0.25, 0.3) is 16.7 Å². The molecule has 0 amide bonds. The number of oxime groups is 1. The van der Waals surface area contributed by atoms with E-state index in [1.165, 1.54) is 6.07 Å². The van der Waals surface area contributed by atoms with E-state index < -0.39 is 11.6 Å². The Morgan fingerprint density at radius 2 is 1.82 bits per heavy atom. The monoisotopic (exact) mass is 474 g/mol. The van der Waals surface area contributed by atoms with E-state index >= 15 is 0 Å². The molecule has 0 bridgehead atoms. The number of halogens is 1. The Morgan fingerprint density at radius 1 is 1.09 bits per heavy atom. The summed E-state index contributed by atoms with van der Waals surface area (Å²) in [5.41, 5.74) is 4.11. The average Bonchev–Trinajstić information content (AvgIpc) is 3.12. The molecule has 6 nitrogen and oxygen atoms in total. The van der Waals surface area contributed by atoms with Crippen LogP contribution in [-0.4, -0.2) is 16.2 Å². The van der Waals surface area contributed by atoms with Gasteiger partial charge in [0.05, 0.1) is 5.71 Å². The third-order valence-electron chi connectivity index (χ3n) is 6.07. The molecule has 0 saturated carbocycles. The highest BCUT2D eigenvalue weighted by Crippen LogP contribution is 2.38. The van der Waals surface area contributed by atoms with Crippen molar-refractivity contribution < 1.29 is 14.0 Å². The Labute approximate surface area is 201 Å². The molecule has 5 rings (SSSR count). The summed E-state index contributed by atoms with van der Waals surface area (Å²) in [6.45, 7) is 6.34. The molecule has 2 heterocycles. The fourth-order valence-electron chi connectivity index (χ4n) is 4.56. The predicted molar refractivity (Wildman–Crippen MR) is 132 cm³/mol. The molecule has 0 spiro atoms. The summed E-state index contributed by atoms with van der Waals surface area (Å²) < 4.78 is 7.44. The van der Waals surface area contributed by atoms with Gasteiger partial charge in [0.2, 0.25) is 0 Å². The number of benzene rings is 2. The summed E-state index contributed by atoms with van der Waals surface area (Å²) in [6, 6.07) is 18.2. The fraction of sp³-hybridized carbons (Fsp3) is 0.222. The van der Waals surface area contributed by atoms with Gasteiger partial charge in [-0.1, -0.05) is 48.8 Å². The van der Waals surface area contributed by atoms with Gasteiger partial charge in [-0.05, 0) is 67.6 Å². The molecule has 172 valence electrons. The maximum absolute atomic E-state index is 12.7. The second kappa shape index (κ2) is 8.29. The molecule has 7 heteroatoms. The summed E-state index contributed by atoms with van der Waals surface area (Å²) >= 11 is 6.08. The Balaban J connectivity index is 1.52. The van der Waals surface area contributed by atoms with Gasteiger partial charge in [-0.3, -0.25) is 0 Å². The molecule has 2 aromatic carbocycles. The van der Waals surface area contributed by atoms with Crippen LogP contribution < -0.4 is 5.63 Å². The van der Waals surface area contributed by atoms with E-state index in [9.17, 15) is 9.59 Å². The van der Waals surface area contributed by atoms with Crippen LogP contribution in [-0.2, 0) is 11.3 Å². The number of nitrogens with zero attached hydrogens (tertiary/aromatic N) is 2. The van der Waals surface area contributed by atoms with Crippen LogP contribution in [0, 0.1) is 12.3 Å². The number of aryl methyl sites for hydroxylation is 1. The van der Waals surface area contributed by atoms with Gasteiger partial charge in [0.15, 0.2) is 0 Å². The number of hydrogen-bond acceptors (Lipinski definition) is 5. The van der Waals surface area contributed by atoms with Crippen molar-refractivity contribution in [2.75, 3.05) is 0 Å². The number of rotatable bonds is 3. The van der Waals surface area contributed by atoms with Crippen LogP contribution in [0.5, 0.6) is 0 Å². The van der Waals surface area contributed by atoms with Gasteiger partial charge in [-0.2, -0.15) is 0 Å². The van der Waals surface area contributed by atoms with Crippen molar-refractivity contribution >= 4 is 34.3 Å². The lowest BCUT2D eigenvalue weighted by Gasteiger charge is -2.31. The number of aromatic nitrogens is 1. The highest BCUT2D eigenvalue weighted by atomic mass is 35.5. The van der Waals surface area contributed by atoms with Crippen molar-refractivity contribution in [3.63, 3.8) is 0 Å². The van der Waals surface area contributed by atoms with Gasteiger partial charge in [0, 0.05) is 33.0 Å². The number of para-hydroxylation sites is 1. The summed E-state index contributed by atoms with van der Waals surface area (Å²) in [4.78, 5) is 30.4. The Kier molecular flexibility index (Phi) is 5.41. The predicted octanol–water partition coefficient (Wildman–Crippen LogP) is 6.08. The Morgan fingerprint density at radius 3 is 2.59 bits per heavy atom. The van der Waals surface area contributed by atoms with Crippen LogP contribution in [0.2, 0.25) is 5.02 Å². The first kappa shape index (κ1) is 22.2.